The first-order chi connectivity index (χ1) is 8.58. The van der Waals surface area contributed by atoms with Crippen molar-refractivity contribution < 1.29 is 4.79 Å². The van der Waals surface area contributed by atoms with Gasteiger partial charge >= 0.3 is 0 Å². The lowest BCUT2D eigenvalue weighted by Crippen LogP contribution is -2.34. The number of likely N-dealkylation sites (N-methyl/N-ethyl adjacent to an activating group) is 1. The molecule has 0 unspecified atom stereocenters. The first kappa shape index (κ1) is 14.5. The molecule has 1 saturated heterocycles. The van der Waals surface area contributed by atoms with Gasteiger partial charge in [-0.05, 0) is 63.9 Å². The number of nitrogens with zero attached hydrogens (tertiary/aromatic N) is 2. The maximum absolute atomic E-state index is 12.2. The summed E-state index contributed by atoms with van der Waals surface area (Å²) in [6, 6.07) is 1.88. The van der Waals surface area contributed by atoms with Crippen LogP contribution in [-0.4, -0.2) is 48.9 Å². The van der Waals surface area contributed by atoms with Gasteiger partial charge in [-0.15, -0.1) is 11.3 Å². The number of halogens is 2. The van der Waals surface area contributed by atoms with Crippen LogP contribution in [0.5, 0.6) is 0 Å². The molecule has 0 atom stereocenters. The van der Waals surface area contributed by atoms with Crippen LogP contribution in [0.1, 0.15) is 22.5 Å². The van der Waals surface area contributed by atoms with Gasteiger partial charge in [0, 0.05) is 24.6 Å². The van der Waals surface area contributed by atoms with Crippen LogP contribution in [0.25, 0.3) is 0 Å². The van der Waals surface area contributed by atoms with Crippen molar-refractivity contribution in [1.29, 1.82) is 0 Å². The van der Waals surface area contributed by atoms with Crippen LogP contribution < -0.4 is 0 Å². The Morgan fingerprint density at radius 2 is 2.11 bits per heavy atom. The molecule has 0 aliphatic carbocycles. The van der Waals surface area contributed by atoms with Crippen molar-refractivity contribution >= 4 is 49.1 Å². The van der Waals surface area contributed by atoms with E-state index in [0.29, 0.717) is 0 Å². The summed E-state index contributed by atoms with van der Waals surface area (Å²) in [6.07, 6.45) is 2.59. The molecule has 100 valence electrons. The lowest BCUT2D eigenvalue weighted by Gasteiger charge is -2.20. The van der Waals surface area contributed by atoms with Crippen molar-refractivity contribution in [2.24, 2.45) is 0 Å². The Morgan fingerprint density at radius 1 is 1.44 bits per heavy atom. The quantitative estimate of drug-likeness (QED) is 0.779. The highest BCUT2D eigenvalue weighted by molar-refractivity contribution is 9.13. The number of carbonyl (C=O) groups excluding carboxylic acids is 1. The predicted molar refractivity (Wildman–Crippen MR) is 82.4 cm³/mol. The first-order valence-corrected chi connectivity index (χ1v) is 8.41. The minimum Gasteiger partial charge on any atom is -0.340 e. The SMILES string of the molecule is CN(CCN1CCCC1)C(=O)c1cc(Br)c(Br)s1. The van der Waals surface area contributed by atoms with Crippen LogP contribution in [-0.2, 0) is 0 Å². The summed E-state index contributed by atoms with van der Waals surface area (Å²) < 4.78 is 1.92. The lowest BCUT2D eigenvalue weighted by atomic mass is 10.4. The van der Waals surface area contributed by atoms with Crippen LogP contribution in [0.3, 0.4) is 0 Å². The molecular weight excluding hydrogens is 380 g/mol. The number of thiophene rings is 1. The summed E-state index contributed by atoms with van der Waals surface area (Å²) in [7, 11) is 1.87. The average molecular weight is 396 g/mol. The van der Waals surface area contributed by atoms with Gasteiger partial charge in [-0.3, -0.25) is 4.79 Å². The molecule has 0 spiro atoms. The molecule has 1 aliphatic rings. The maximum atomic E-state index is 12.2. The predicted octanol–water partition coefficient (Wildman–Crippen LogP) is 3.44. The summed E-state index contributed by atoms with van der Waals surface area (Å²) in [5, 5.41) is 0. The summed E-state index contributed by atoms with van der Waals surface area (Å²) in [4.78, 5) is 17.2. The van der Waals surface area contributed by atoms with E-state index in [-0.39, 0.29) is 5.91 Å². The summed E-state index contributed by atoms with van der Waals surface area (Å²) in [5.41, 5.74) is 0. The molecule has 0 radical (unpaired) electrons. The van der Waals surface area contributed by atoms with Gasteiger partial charge in [-0.25, -0.2) is 0 Å². The number of hydrogen-bond donors (Lipinski definition) is 0. The topological polar surface area (TPSA) is 23.6 Å². The molecule has 1 fully saturated rings. The molecule has 18 heavy (non-hydrogen) atoms. The third-order valence-electron chi connectivity index (χ3n) is 3.15. The van der Waals surface area contributed by atoms with Crippen LogP contribution in [0.2, 0.25) is 0 Å². The van der Waals surface area contributed by atoms with Gasteiger partial charge in [-0.1, -0.05) is 0 Å². The Labute approximate surface area is 128 Å². The van der Waals surface area contributed by atoms with Gasteiger partial charge in [-0.2, -0.15) is 0 Å². The lowest BCUT2D eigenvalue weighted by molar-refractivity contribution is 0.0787. The van der Waals surface area contributed by atoms with Gasteiger partial charge in [0.25, 0.3) is 5.91 Å². The third kappa shape index (κ3) is 3.56. The number of carbonyl (C=O) groups is 1. The van der Waals surface area contributed by atoms with E-state index in [0.717, 1.165) is 26.2 Å². The fourth-order valence-electron chi connectivity index (χ4n) is 2.04. The van der Waals surface area contributed by atoms with Gasteiger partial charge < -0.3 is 9.80 Å². The second kappa shape index (κ2) is 6.50. The van der Waals surface area contributed by atoms with E-state index < -0.39 is 0 Å². The molecule has 0 N–H and O–H groups in total. The number of amides is 1. The molecule has 0 bridgehead atoms. The van der Waals surface area contributed by atoms with E-state index in [9.17, 15) is 4.79 Å². The highest BCUT2D eigenvalue weighted by Crippen LogP contribution is 2.32. The van der Waals surface area contributed by atoms with Crippen LogP contribution in [0.15, 0.2) is 14.3 Å². The van der Waals surface area contributed by atoms with Crippen molar-refractivity contribution in [1.82, 2.24) is 9.80 Å². The monoisotopic (exact) mass is 394 g/mol. The number of rotatable bonds is 4. The molecule has 3 nitrogen and oxygen atoms in total. The van der Waals surface area contributed by atoms with Gasteiger partial charge in [0.15, 0.2) is 0 Å². The second-order valence-electron chi connectivity index (χ2n) is 4.51. The Bertz CT molecular complexity index is 410. The highest BCUT2D eigenvalue weighted by atomic mass is 79.9. The molecule has 0 saturated carbocycles. The summed E-state index contributed by atoms with van der Waals surface area (Å²) in [5.74, 6) is 0.102. The Balaban J connectivity index is 1.87. The molecule has 2 rings (SSSR count). The summed E-state index contributed by atoms with van der Waals surface area (Å²) in [6.45, 7) is 4.14. The first-order valence-electron chi connectivity index (χ1n) is 6.00. The fourth-order valence-corrected chi connectivity index (χ4v) is 4.07. The molecule has 6 heteroatoms. The second-order valence-corrected chi connectivity index (χ2v) is 7.73. The smallest absolute Gasteiger partial charge is 0.263 e. The largest absolute Gasteiger partial charge is 0.340 e. The molecule has 1 amide bonds. The van der Waals surface area contributed by atoms with Crippen molar-refractivity contribution in [3.8, 4) is 0 Å². The Kier molecular flexibility index (Phi) is 5.24. The minimum absolute atomic E-state index is 0.102. The van der Waals surface area contributed by atoms with Crippen molar-refractivity contribution in [2.45, 2.75) is 12.8 Å². The molecule has 2 heterocycles. The number of hydrogen-bond acceptors (Lipinski definition) is 3. The average Bonchev–Trinajstić information content (AvgIpc) is 2.96. The standard InChI is InChI=1S/C12H16Br2N2OS/c1-15(6-7-16-4-2-3-5-16)12(17)10-8-9(13)11(14)18-10/h8H,2-7H2,1H3. The highest BCUT2D eigenvalue weighted by Gasteiger charge is 2.18. The molecule has 0 aromatic carbocycles. The molecule has 1 aromatic rings. The zero-order valence-corrected chi connectivity index (χ0v) is 14.3. The van der Waals surface area contributed by atoms with E-state index in [2.05, 4.69) is 36.8 Å². The van der Waals surface area contributed by atoms with Crippen LogP contribution >= 0.6 is 43.2 Å². The van der Waals surface area contributed by atoms with Crippen molar-refractivity contribution in [3.05, 3.63) is 19.2 Å². The van der Waals surface area contributed by atoms with Gasteiger partial charge in [0.2, 0.25) is 0 Å². The third-order valence-corrected chi connectivity index (χ3v) is 6.40. The molecule has 1 aliphatic heterocycles. The number of likely N-dealkylation sites (tertiary alicyclic amines) is 1. The zero-order chi connectivity index (χ0) is 13.1. The van der Waals surface area contributed by atoms with Gasteiger partial charge in [0.1, 0.15) is 0 Å². The van der Waals surface area contributed by atoms with Crippen LogP contribution in [0.4, 0.5) is 0 Å². The van der Waals surface area contributed by atoms with Crippen molar-refractivity contribution in [3.63, 3.8) is 0 Å². The van der Waals surface area contributed by atoms with Gasteiger partial charge in [0.05, 0.1) is 8.66 Å². The fraction of sp³-hybridized carbons (Fsp3) is 0.583. The zero-order valence-electron chi connectivity index (χ0n) is 10.3. The van der Waals surface area contributed by atoms with E-state index in [1.807, 2.05) is 18.0 Å². The van der Waals surface area contributed by atoms with Crippen molar-refractivity contribution in [2.75, 3.05) is 33.2 Å². The van der Waals surface area contributed by atoms with E-state index >= 15 is 0 Å². The van der Waals surface area contributed by atoms with E-state index in [4.69, 9.17) is 0 Å². The molecular formula is C12H16Br2N2OS. The van der Waals surface area contributed by atoms with E-state index in [1.54, 1.807) is 0 Å². The Hall–Kier alpha value is 0.0900. The summed E-state index contributed by atoms with van der Waals surface area (Å²) >= 11 is 8.30. The van der Waals surface area contributed by atoms with Crippen LogP contribution in [0, 0.1) is 0 Å². The van der Waals surface area contributed by atoms with E-state index in [1.165, 1.54) is 37.3 Å². The minimum atomic E-state index is 0.102. The molecule has 1 aromatic heterocycles. The Morgan fingerprint density at radius 3 is 2.67 bits per heavy atom. The normalized spacial score (nSPS) is 16.2. The maximum Gasteiger partial charge on any atom is 0.263 e.